The Labute approximate surface area is 119 Å². The predicted molar refractivity (Wildman–Crippen MR) is 76.6 cm³/mol. The fourth-order valence-electron chi connectivity index (χ4n) is 1.67. The standard InChI is InChI=1S/C15H21NO4/c1-12(19-11-20-13(2)18)15-6-4-5-14(9-15)10-16(3)7-8-17/h4-6,9,17H,1,7-8,10-11H2,2-3H3. The molecule has 0 aliphatic heterocycles. The Bertz CT molecular complexity index is 459. The van der Waals surface area contributed by atoms with E-state index >= 15 is 0 Å². The number of likely N-dealkylation sites (N-methyl/N-ethyl adjacent to an activating group) is 1. The fourth-order valence-corrected chi connectivity index (χ4v) is 1.67. The largest absolute Gasteiger partial charge is 0.457 e. The second kappa shape index (κ2) is 8.35. The topological polar surface area (TPSA) is 59.0 Å². The highest BCUT2D eigenvalue weighted by molar-refractivity contribution is 5.66. The van der Waals surface area contributed by atoms with E-state index < -0.39 is 5.97 Å². The molecule has 0 saturated carbocycles. The number of hydrogen-bond acceptors (Lipinski definition) is 5. The van der Waals surface area contributed by atoms with E-state index in [9.17, 15) is 4.79 Å². The second-order valence-corrected chi connectivity index (χ2v) is 4.48. The van der Waals surface area contributed by atoms with E-state index in [-0.39, 0.29) is 13.4 Å². The molecule has 110 valence electrons. The van der Waals surface area contributed by atoms with Crippen molar-refractivity contribution in [1.82, 2.24) is 4.90 Å². The van der Waals surface area contributed by atoms with Gasteiger partial charge in [-0.15, -0.1) is 0 Å². The Balaban J connectivity index is 2.58. The minimum Gasteiger partial charge on any atom is -0.457 e. The second-order valence-electron chi connectivity index (χ2n) is 4.48. The van der Waals surface area contributed by atoms with Gasteiger partial charge in [-0.2, -0.15) is 0 Å². The van der Waals surface area contributed by atoms with E-state index in [1.54, 1.807) is 0 Å². The summed E-state index contributed by atoms with van der Waals surface area (Å²) in [6, 6.07) is 7.75. The molecule has 0 saturated heterocycles. The predicted octanol–water partition coefficient (Wildman–Crippen LogP) is 1.62. The van der Waals surface area contributed by atoms with Crippen LogP contribution in [-0.4, -0.2) is 43.0 Å². The van der Waals surface area contributed by atoms with Crippen LogP contribution in [0, 0.1) is 0 Å². The Hall–Kier alpha value is -1.85. The molecule has 0 aromatic heterocycles. The first-order chi connectivity index (χ1) is 9.52. The zero-order valence-corrected chi connectivity index (χ0v) is 12.0. The third-order valence-corrected chi connectivity index (χ3v) is 2.68. The van der Waals surface area contributed by atoms with Crippen LogP contribution >= 0.6 is 0 Å². The van der Waals surface area contributed by atoms with E-state index in [1.807, 2.05) is 36.2 Å². The van der Waals surface area contributed by atoms with Crippen LogP contribution in [0.4, 0.5) is 0 Å². The molecule has 0 spiro atoms. The average Bonchev–Trinajstić information content (AvgIpc) is 2.38. The monoisotopic (exact) mass is 279 g/mol. The molecule has 0 radical (unpaired) electrons. The van der Waals surface area contributed by atoms with Crippen LogP contribution in [0.15, 0.2) is 30.8 Å². The van der Waals surface area contributed by atoms with Gasteiger partial charge in [0.25, 0.3) is 0 Å². The Morgan fingerprint density at radius 3 is 2.80 bits per heavy atom. The zero-order valence-electron chi connectivity index (χ0n) is 12.0. The Morgan fingerprint density at radius 2 is 2.15 bits per heavy atom. The van der Waals surface area contributed by atoms with Gasteiger partial charge in [0.1, 0.15) is 5.76 Å². The van der Waals surface area contributed by atoms with Gasteiger partial charge in [0, 0.05) is 25.6 Å². The maximum Gasteiger partial charge on any atom is 0.305 e. The first-order valence-electron chi connectivity index (χ1n) is 6.36. The van der Waals surface area contributed by atoms with Gasteiger partial charge in [0.05, 0.1) is 6.61 Å². The summed E-state index contributed by atoms with van der Waals surface area (Å²) in [7, 11) is 1.94. The molecule has 1 rings (SSSR count). The normalized spacial score (nSPS) is 10.4. The van der Waals surface area contributed by atoms with Crippen LogP contribution in [-0.2, 0) is 20.8 Å². The van der Waals surface area contributed by atoms with Crippen molar-refractivity contribution in [1.29, 1.82) is 0 Å². The number of ether oxygens (including phenoxy) is 2. The van der Waals surface area contributed by atoms with Gasteiger partial charge >= 0.3 is 5.97 Å². The highest BCUT2D eigenvalue weighted by Gasteiger charge is 2.04. The lowest BCUT2D eigenvalue weighted by Gasteiger charge is -2.16. The molecular formula is C15H21NO4. The number of aliphatic hydroxyl groups excluding tert-OH is 1. The summed E-state index contributed by atoms with van der Waals surface area (Å²) in [6.07, 6.45) is 0. The van der Waals surface area contributed by atoms with E-state index in [1.165, 1.54) is 6.92 Å². The number of hydrogen-bond donors (Lipinski definition) is 1. The number of rotatable bonds is 8. The summed E-state index contributed by atoms with van der Waals surface area (Å²) in [5, 5.41) is 8.88. The lowest BCUT2D eigenvalue weighted by atomic mass is 10.1. The third kappa shape index (κ3) is 5.86. The number of nitrogens with zero attached hydrogens (tertiary/aromatic N) is 1. The van der Waals surface area contributed by atoms with Gasteiger partial charge in [0.15, 0.2) is 0 Å². The molecule has 5 heteroatoms. The van der Waals surface area contributed by atoms with Crippen LogP contribution in [0.5, 0.6) is 0 Å². The van der Waals surface area contributed by atoms with Crippen molar-refractivity contribution in [2.24, 2.45) is 0 Å². The number of carbonyl (C=O) groups excluding carboxylic acids is 1. The van der Waals surface area contributed by atoms with Crippen LogP contribution in [0.2, 0.25) is 0 Å². The van der Waals surface area contributed by atoms with E-state index in [0.29, 0.717) is 12.3 Å². The summed E-state index contributed by atoms with van der Waals surface area (Å²) in [6.45, 7) is 6.48. The van der Waals surface area contributed by atoms with Gasteiger partial charge < -0.3 is 14.6 Å². The summed E-state index contributed by atoms with van der Waals surface area (Å²) in [5.41, 5.74) is 1.93. The minimum absolute atomic E-state index is 0.133. The fraction of sp³-hybridized carbons (Fsp3) is 0.400. The highest BCUT2D eigenvalue weighted by Crippen LogP contribution is 2.16. The molecule has 0 aliphatic carbocycles. The van der Waals surface area contributed by atoms with Gasteiger partial charge in [-0.3, -0.25) is 9.69 Å². The SMILES string of the molecule is C=C(OCOC(C)=O)c1cccc(CN(C)CCO)c1. The quantitative estimate of drug-likeness (QED) is 0.445. The Kier molecular flexibility index (Phi) is 6.76. The molecule has 0 atom stereocenters. The van der Waals surface area contributed by atoms with Crippen molar-refractivity contribution >= 4 is 11.7 Å². The van der Waals surface area contributed by atoms with Crippen LogP contribution in [0.3, 0.4) is 0 Å². The molecule has 0 unspecified atom stereocenters. The van der Waals surface area contributed by atoms with E-state index in [2.05, 4.69) is 6.58 Å². The first kappa shape index (κ1) is 16.2. The molecule has 1 aromatic rings. The lowest BCUT2D eigenvalue weighted by molar-refractivity contribution is -0.148. The van der Waals surface area contributed by atoms with Crippen molar-refractivity contribution in [2.75, 3.05) is 27.0 Å². The van der Waals surface area contributed by atoms with E-state index in [4.69, 9.17) is 14.6 Å². The highest BCUT2D eigenvalue weighted by atomic mass is 16.7. The van der Waals surface area contributed by atoms with Crippen LogP contribution < -0.4 is 0 Å². The molecule has 0 aliphatic rings. The first-order valence-corrected chi connectivity index (χ1v) is 6.36. The molecule has 1 aromatic carbocycles. The number of aliphatic hydroxyl groups is 1. The van der Waals surface area contributed by atoms with Gasteiger partial charge in [0.2, 0.25) is 6.79 Å². The maximum absolute atomic E-state index is 10.6. The lowest BCUT2D eigenvalue weighted by Crippen LogP contribution is -2.21. The molecule has 0 amide bonds. The molecular weight excluding hydrogens is 258 g/mol. The number of esters is 1. The smallest absolute Gasteiger partial charge is 0.305 e. The molecule has 5 nitrogen and oxygen atoms in total. The molecule has 0 bridgehead atoms. The summed E-state index contributed by atoms with van der Waals surface area (Å²) < 4.78 is 9.96. The molecule has 0 fully saturated rings. The van der Waals surface area contributed by atoms with Crippen LogP contribution in [0.25, 0.3) is 5.76 Å². The van der Waals surface area contributed by atoms with Crippen molar-refractivity contribution in [3.8, 4) is 0 Å². The zero-order chi connectivity index (χ0) is 15.0. The number of carbonyl (C=O) groups is 1. The number of benzene rings is 1. The Morgan fingerprint density at radius 1 is 1.40 bits per heavy atom. The average molecular weight is 279 g/mol. The van der Waals surface area contributed by atoms with Crippen molar-refractivity contribution in [3.63, 3.8) is 0 Å². The van der Waals surface area contributed by atoms with Crippen LogP contribution in [0.1, 0.15) is 18.1 Å². The van der Waals surface area contributed by atoms with Crippen molar-refractivity contribution in [2.45, 2.75) is 13.5 Å². The summed E-state index contributed by atoms with van der Waals surface area (Å²) in [5.74, 6) is 0.0649. The van der Waals surface area contributed by atoms with Gasteiger partial charge in [-0.25, -0.2) is 0 Å². The maximum atomic E-state index is 10.6. The third-order valence-electron chi connectivity index (χ3n) is 2.68. The minimum atomic E-state index is -0.392. The van der Waals surface area contributed by atoms with E-state index in [0.717, 1.165) is 17.7 Å². The molecule has 20 heavy (non-hydrogen) atoms. The van der Waals surface area contributed by atoms with Gasteiger partial charge in [-0.05, 0) is 18.7 Å². The van der Waals surface area contributed by atoms with Gasteiger partial charge in [-0.1, -0.05) is 24.8 Å². The molecule has 0 heterocycles. The summed E-state index contributed by atoms with van der Waals surface area (Å²) in [4.78, 5) is 12.7. The van der Waals surface area contributed by atoms with Crippen molar-refractivity contribution < 1.29 is 19.4 Å². The van der Waals surface area contributed by atoms with Crippen molar-refractivity contribution in [3.05, 3.63) is 42.0 Å². The summed E-state index contributed by atoms with van der Waals surface area (Å²) >= 11 is 0. The molecule has 1 N–H and O–H groups in total.